The van der Waals surface area contributed by atoms with Crippen molar-refractivity contribution in [2.24, 2.45) is 5.41 Å². The molecule has 1 unspecified atom stereocenters. The molecule has 2 saturated heterocycles. The zero-order valence-electron chi connectivity index (χ0n) is 22.8. The van der Waals surface area contributed by atoms with Gasteiger partial charge in [0.2, 0.25) is 0 Å². The van der Waals surface area contributed by atoms with Crippen LogP contribution in [0, 0.1) is 17.3 Å². The van der Waals surface area contributed by atoms with E-state index in [0.717, 1.165) is 104 Å². The Morgan fingerprint density at radius 2 is 1.97 bits per heavy atom. The third-order valence-electron chi connectivity index (χ3n) is 8.27. The highest BCUT2D eigenvalue weighted by atomic mass is 32.1. The molecule has 0 amide bonds. The molecule has 3 aromatic rings. The molecule has 2 aliphatic rings. The maximum absolute atomic E-state index is 11.7. The minimum absolute atomic E-state index is 0.139. The minimum Gasteiger partial charge on any atom is -0.497 e. The van der Waals surface area contributed by atoms with Crippen LogP contribution in [-0.2, 0) is 11.3 Å². The van der Waals surface area contributed by atoms with Crippen LogP contribution < -0.4 is 4.74 Å². The summed E-state index contributed by atoms with van der Waals surface area (Å²) in [5, 5.41) is 25.1. The number of methoxy groups -OCH3 is 1. The van der Waals surface area contributed by atoms with Crippen LogP contribution in [0.15, 0.2) is 41.9 Å². The standard InChI is InChI=1S/C31H39N3O4S/c1-37-25-6-7-28-27(20-25)30(24(21-32-28)22-34-15-17-38-18-16-34)29(36)8-9-31(23-35)10-13-33(14-11-31)12-2-4-26-5-3-19-39-26/h3,5-7,19-21,29,35-36H,8-18,22-23H2,1H3. The Morgan fingerprint density at radius 3 is 2.69 bits per heavy atom. The van der Waals surface area contributed by atoms with Crippen molar-refractivity contribution in [1.29, 1.82) is 0 Å². The number of aliphatic hydroxyl groups is 2. The van der Waals surface area contributed by atoms with Crippen LogP contribution in [0.2, 0.25) is 0 Å². The van der Waals surface area contributed by atoms with E-state index >= 15 is 0 Å². The number of fused-ring (bicyclic) bond motifs is 1. The fourth-order valence-corrected chi connectivity index (χ4v) is 6.32. The highest BCUT2D eigenvalue weighted by Gasteiger charge is 2.34. The van der Waals surface area contributed by atoms with Crippen LogP contribution in [0.4, 0.5) is 0 Å². The van der Waals surface area contributed by atoms with Crippen LogP contribution in [0.1, 0.15) is 47.8 Å². The lowest BCUT2D eigenvalue weighted by Gasteiger charge is -2.40. The summed E-state index contributed by atoms with van der Waals surface area (Å²) >= 11 is 1.67. The monoisotopic (exact) mass is 549 g/mol. The SMILES string of the molecule is COc1ccc2ncc(CN3CCOCC3)c(C(O)CCC3(CO)CCN(CC#Cc4cccs4)CC3)c2c1. The van der Waals surface area contributed by atoms with Crippen molar-refractivity contribution in [2.75, 3.05) is 59.7 Å². The van der Waals surface area contributed by atoms with Crippen molar-refractivity contribution in [3.05, 3.63) is 57.9 Å². The van der Waals surface area contributed by atoms with Gasteiger partial charge in [-0.05, 0) is 85.0 Å². The largest absolute Gasteiger partial charge is 0.497 e. The molecule has 5 rings (SSSR count). The number of hydrogen-bond donors (Lipinski definition) is 2. The van der Waals surface area contributed by atoms with E-state index in [4.69, 9.17) is 14.5 Å². The molecule has 1 aromatic carbocycles. The average molecular weight is 550 g/mol. The average Bonchev–Trinajstić information content (AvgIpc) is 3.50. The number of rotatable bonds is 9. The summed E-state index contributed by atoms with van der Waals surface area (Å²) < 4.78 is 11.0. The van der Waals surface area contributed by atoms with Gasteiger partial charge in [0.1, 0.15) is 5.75 Å². The molecule has 0 radical (unpaired) electrons. The molecule has 2 aliphatic heterocycles. The maximum atomic E-state index is 11.7. The first-order valence-corrected chi connectivity index (χ1v) is 14.8. The lowest BCUT2D eigenvalue weighted by Crippen LogP contribution is -2.42. The smallest absolute Gasteiger partial charge is 0.119 e. The van der Waals surface area contributed by atoms with Crippen molar-refractivity contribution in [3.63, 3.8) is 0 Å². The van der Waals surface area contributed by atoms with E-state index in [1.54, 1.807) is 18.4 Å². The molecule has 2 fully saturated rings. The Morgan fingerprint density at radius 1 is 1.15 bits per heavy atom. The molecule has 2 aromatic heterocycles. The van der Waals surface area contributed by atoms with E-state index in [2.05, 4.69) is 21.6 Å². The molecule has 4 heterocycles. The topological polar surface area (TPSA) is 78.3 Å². The molecule has 208 valence electrons. The van der Waals surface area contributed by atoms with Gasteiger partial charge in [-0.15, -0.1) is 11.3 Å². The van der Waals surface area contributed by atoms with Gasteiger partial charge >= 0.3 is 0 Å². The molecule has 8 heteroatoms. The van der Waals surface area contributed by atoms with E-state index in [-0.39, 0.29) is 12.0 Å². The number of piperidine rings is 1. The normalized spacial score (nSPS) is 18.9. The summed E-state index contributed by atoms with van der Waals surface area (Å²) in [5.74, 6) is 7.29. The molecule has 1 atom stereocenters. The zero-order chi connectivity index (χ0) is 27.1. The minimum atomic E-state index is -0.656. The van der Waals surface area contributed by atoms with Gasteiger partial charge in [-0.2, -0.15) is 0 Å². The fraction of sp³-hybridized carbons (Fsp3) is 0.516. The second kappa shape index (κ2) is 13.2. The lowest BCUT2D eigenvalue weighted by atomic mass is 9.74. The third kappa shape index (κ3) is 6.98. The van der Waals surface area contributed by atoms with Crippen molar-refractivity contribution in [1.82, 2.24) is 14.8 Å². The van der Waals surface area contributed by atoms with Crippen LogP contribution in [0.3, 0.4) is 0 Å². The molecular formula is C31H39N3O4S. The number of likely N-dealkylation sites (tertiary alicyclic amines) is 1. The Balaban J connectivity index is 1.28. The van der Waals surface area contributed by atoms with Gasteiger partial charge in [-0.25, -0.2) is 0 Å². The highest BCUT2D eigenvalue weighted by Crippen LogP contribution is 2.40. The summed E-state index contributed by atoms with van der Waals surface area (Å²) in [7, 11) is 1.66. The predicted octanol–water partition coefficient (Wildman–Crippen LogP) is 4.08. The van der Waals surface area contributed by atoms with Crippen molar-refractivity contribution >= 4 is 22.2 Å². The Bertz CT molecular complexity index is 1270. The Labute approximate surface area is 235 Å². The molecule has 2 N–H and O–H groups in total. The van der Waals surface area contributed by atoms with Gasteiger partial charge in [0.05, 0.1) is 43.4 Å². The summed E-state index contributed by atoms with van der Waals surface area (Å²) in [5.41, 5.74) is 2.65. The number of nitrogens with zero attached hydrogens (tertiary/aromatic N) is 3. The van der Waals surface area contributed by atoms with Crippen molar-refractivity contribution in [3.8, 4) is 17.6 Å². The van der Waals surface area contributed by atoms with Crippen LogP contribution >= 0.6 is 11.3 Å². The molecule has 0 saturated carbocycles. The summed E-state index contributed by atoms with van der Waals surface area (Å²) in [6.45, 7) is 6.62. The fourth-order valence-electron chi connectivity index (χ4n) is 5.73. The Hall–Kier alpha value is -2.51. The van der Waals surface area contributed by atoms with Crippen molar-refractivity contribution in [2.45, 2.75) is 38.3 Å². The molecule has 0 spiro atoms. The maximum Gasteiger partial charge on any atom is 0.119 e. The third-order valence-corrected chi connectivity index (χ3v) is 9.05. The van der Waals surface area contributed by atoms with Gasteiger partial charge in [0, 0.05) is 37.8 Å². The Kier molecular flexibility index (Phi) is 9.51. The van der Waals surface area contributed by atoms with Gasteiger partial charge in [-0.3, -0.25) is 14.8 Å². The zero-order valence-corrected chi connectivity index (χ0v) is 23.6. The summed E-state index contributed by atoms with van der Waals surface area (Å²) in [4.78, 5) is 10.5. The van der Waals surface area contributed by atoms with Gasteiger partial charge in [0.15, 0.2) is 0 Å². The van der Waals surface area contributed by atoms with Crippen LogP contribution in [0.5, 0.6) is 5.75 Å². The van der Waals surface area contributed by atoms with Crippen molar-refractivity contribution < 1.29 is 19.7 Å². The first-order chi connectivity index (χ1) is 19.1. The number of thiophene rings is 1. The van der Waals surface area contributed by atoms with E-state index < -0.39 is 6.10 Å². The van der Waals surface area contributed by atoms with Crippen LogP contribution in [-0.4, -0.2) is 84.7 Å². The molecule has 0 aliphatic carbocycles. The summed E-state index contributed by atoms with van der Waals surface area (Å²) in [6.07, 6.45) is 4.43. The highest BCUT2D eigenvalue weighted by molar-refractivity contribution is 7.10. The molecule has 7 nitrogen and oxygen atoms in total. The molecular weight excluding hydrogens is 510 g/mol. The van der Waals surface area contributed by atoms with Gasteiger partial charge < -0.3 is 19.7 Å². The summed E-state index contributed by atoms with van der Waals surface area (Å²) in [6, 6.07) is 9.92. The quantitative estimate of drug-likeness (QED) is 0.390. The predicted molar refractivity (Wildman–Crippen MR) is 155 cm³/mol. The molecule has 39 heavy (non-hydrogen) atoms. The van der Waals surface area contributed by atoms with E-state index in [1.165, 1.54) is 0 Å². The van der Waals surface area contributed by atoms with E-state index in [9.17, 15) is 10.2 Å². The number of ether oxygens (including phenoxy) is 2. The van der Waals surface area contributed by atoms with Crippen LogP contribution in [0.25, 0.3) is 10.9 Å². The number of hydrogen-bond acceptors (Lipinski definition) is 8. The molecule has 0 bridgehead atoms. The number of morpholine rings is 1. The number of aliphatic hydroxyl groups excluding tert-OH is 2. The second-order valence-electron chi connectivity index (χ2n) is 10.7. The second-order valence-corrected chi connectivity index (χ2v) is 11.7. The van der Waals surface area contributed by atoms with E-state index in [1.807, 2.05) is 41.9 Å². The number of pyridine rings is 1. The lowest BCUT2D eigenvalue weighted by molar-refractivity contribution is 0.0262. The van der Waals surface area contributed by atoms with E-state index in [0.29, 0.717) is 6.42 Å². The first-order valence-electron chi connectivity index (χ1n) is 13.9. The van der Waals surface area contributed by atoms with Gasteiger partial charge in [-0.1, -0.05) is 17.9 Å². The number of aromatic nitrogens is 1. The first kappa shape index (κ1) is 28.0. The number of benzene rings is 1. The van der Waals surface area contributed by atoms with Gasteiger partial charge in [0.25, 0.3) is 0 Å².